The Bertz CT molecular complexity index is 2700. The van der Waals surface area contributed by atoms with Crippen LogP contribution in [0.15, 0.2) is 132 Å². The van der Waals surface area contributed by atoms with Crippen LogP contribution in [-0.2, 0) is 10.8 Å². The van der Waals surface area contributed by atoms with Gasteiger partial charge in [-0.1, -0.05) is 99.4 Å². The van der Waals surface area contributed by atoms with Crippen LogP contribution in [0.2, 0.25) is 10.0 Å². The van der Waals surface area contributed by atoms with Crippen LogP contribution in [0.4, 0.5) is 21.6 Å². The van der Waals surface area contributed by atoms with Gasteiger partial charge in [0, 0.05) is 106 Å². The number of nitrogens with zero attached hydrogens (tertiary/aromatic N) is 6. The molecule has 2 aromatic heterocycles. The highest BCUT2D eigenvalue weighted by Crippen LogP contribution is 2.48. The van der Waals surface area contributed by atoms with Crippen molar-refractivity contribution in [1.82, 2.24) is 14.8 Å². The number of para-hydroxylation sites is 2. The molecule has 330 valence electrons. The van der Waals surface area contributed by atoms with Crippen molar-refractivity contribution in [2.24, 2.45) is 0 Å². The summed E-state index contributed by atoms with van der Waals surface area (Å²) >= 11 is 12.7. The van der Waals surface area contributed by atoms with Gasteiger partial charge in [-0.2, -0.15) is 5.10 Å². The van der Waals surface area contributed by atoms with Crippen molar-refractivity contribution in [3.05, 3.63) is 165 Å². The van der Waals surface area contributed by atoms with Crippen molar-refractivity contribution in [2.75, 3.05) is 42.7 Å². The second-order valence-corrected chi connectivity index (χ2v) is 19.4. The monoisotopic (exact) mass is 896 g/mol. The highest BCUT2D eigenvalue weighted by atomic mass is 35.5. The van der Waals surface area contributed by atoms with Gasteiger partial charge in [-0.15, -0.1) is 0 Å². The first kappa shape index (κ1) is 43.6. The third-order valence-corrected chi connectivity index (χ3v) is 14.7. The van der Waals surface area contributed by atoms with Crippen molar-refractivity contribution in [1.29, 1.82) is 0 Å². The minimum Gasteiger partial charge on any atom is -0.482 e. The molecule has 0 radical (unpaired) electrons. The Hall–Kier alpha value is -5.64. The Morgan fingerprint density at radius 1 is 0.812 bits per heavy atom. The van der Waals surface area contributed by atoms with Crippen LogP contribution in [0.25, 0.3) is 11.1 Å². The van der Waals surface area contributed by atoms with E-state index in [1.54, 1.807) is 13.1 Å². The van der Waals surface area contributed by atoms with Crippen LogP contribution in [0.5, 0.6) is 5.75 Å². The summed E-state index contributed by atoms with van der Waals surface area (Å²) in [6.07, 6.45) is 19.7. The van der Waals surface area contributed by atoms with E-state index in [9.17, 15) is 4.39 Å². The molecular formula is C53H57Cl2FN7O+. The predicted octanol–water partition coefficient (Wildman–Crippen LogP) is 12.6. The first-order valence-corrected chi connectivity index (χ1v) is 23.1. The van der Waals surface area contributed by atoms with Crippen LogP contribution in [-0.4, -0.2) is 52.2 Å². The summed E-state index contributed by atoms with van der Waals surface area (Å²) in [7, 11) is 4.40. The first-order valence-electron chi connectivity index (χ1n) is 22.4. The van der Waals surface area contributed by atoms with Crippen molar-refractivity contribution < 1.29 is 13.7 Å². The molecule has 5 aromatic rings. The lowest BCUT2D eigenvalue weighted by molar-refractivity contribution is -0.539. The summed E-state index contributed by atoms with van der Waals surface area (Å²) in [5, 5.41) is 5.10. The number of hydrogen-bond donors (Lipinski definition) is 1. The Balaban J connectivity index is 1.00. The zero-order valence-corrected chi connectivity index (χ0v) is 39.3. The molecule has 1 aliphatic carbocycles. The van der Waals surface area contributed by atoms with Crippen LogP contribution in [0.1, 0.15) is 95.6 Å². The molecule has 8 nitrogen and oxygen atoms in total. The molecule has 0 amide bonds. The van der Waals surface area contributed by atoms with Gasteiger partial charge in [-0.25, -0.2) is 13.9 Å². The molecule has 4 aliphatic rings. The maximum absolute atomic E-state index is 14.3. The molecule has 0 bridgehead atoms. The Kier molecular flexibility index (Phi) is 11.6. The van der Waals surface area contributed by atoms with Crippen molar-refractivity contribution in [3.8, 4) is 16.9 Å². The number of likely N-dealkylation sites (N-methyl/N-ethyl adjacent to an activating group) is 2. The Morgan fingerprint density at radius 3 is 1.97 bits per heavy atom. The number of ether oxygens (including phenoxy) is 1. The van der Waals surface area contributed by atoms with Crippen molar-refractivity contribution in [2.45, 2.75) is 89.7 Å². The van der Waals surface area contributed by atoms with Crippen LogP contribution in [0, 0.1) is 5.82 Å². The fraction of sp³-hybridized carbons (Fsp3) is 0.340. The highest BCUT2D eigenvalue weighted by molar-refractivity contribution is 6.36. The van der Waals surface area contributed by atoms with Gasteiger partial charge in [0.15, 0.2) is 11.6 Å². The van der Waals surface area contributed by atoms with Gasteiger partial charge >= 0.3 is 0 Å². The number of hydrogen-bond acceptors (Lipinski definition) is 6. The maximum atomic E-state index is 14.3. The van der Waals surface area contributed by atoms with E-state index in [-0.39, 0.29) is 27.7 Å². The summed E-state index contributed by atoms with van der Waals surface area (Å²) in [5.74, 6) is -0.00452. The summed E-state index contributed by atoms with van der Waals surface area (Å²) in [4.78, 5) is 9.16. The standard InChI is InChI=1S/C53H57Cl2FN7O/c1-33(48-41(54)21-22-42(56)49(48)55)64-45-29-36(30-58-51(45)57)37-31-59-63(32-37)38-25-27-62(28-26-38)50-34(19-23-46-52(2,3)39-15-8-10-17-43(39)60(46)6)13-12-14-35(50)20-24-47-53(4,5)40-16-9-11-18-44(40)61(47)7/h8-11,15-24,29-33,38H,12-14,25-28H2,1-7H3,(H2,57,58)/q+1/t33-/m1/s1. The largest absolute Gasteiger partial charge is 0.482 e. The average molecular weight is 898 g/mol. The fourth-order valence-corrected chi connectivity index (χ4v) is 11.2. The van der Waals surface area contributed by atoms with Crippen LogP contribution < -0.4 is 20.3 Å². The second-order valence-electron chi connectivity index (χ2n) is 18.6. The molecule has 2 fully saturated rings. The molecule has 1 atom stereocenters. The molecule has 64 heavy (non-hydrogen) atoms. The van der Waals surface area contributed by atoms with E-state index in [0.717, 1.165) is 56.3 Å². The summed E-state index contributed by atoms with van der Waals surface area (Å²) in [5.41, 5.74) is 20.2. The third kappa shape index (κ3) is 7.74. The van der Waals surface area contributed by atoms with Gasteiger partial charge in [0.05, 0.1) is 17.3 Å². The molecule has 3 aromatic carbocycles. The zero-order chi connectivity index (χ0) is 45.1. The minimum atomic E-state index is -0.676. The van der Waals surface area contributed by atoms with Crippen LogP contribution in [0.3, 0.4) is 0 Å². The highest BCUT2D eigenvalue weighted by Gasteiger charge is 2.40. The predicted molar refractivity (Wildman–Crippen MR) is 261 cm³/mol. The van der Waals surface area contributed by atoms with E-state index in [1.165, 1.54) is 62.9 Å². The van der Waals surface area contributed by atoms with Crippen molar-refractivity contribution in [3.63, 3.8) is 0 Å². The van der Waals surface area contributed by atoms with Gasteiger partial charge in [0.25, 0.3) is 0 Å². The molecule has 1 saturated carbocycles. The van der Waals surface area contributed by atoms with E-state index >= 15 is 0 Å². The van der Waals surface area contributed by atoms with E-state index in [4.69, 9.17) is 38.8 Å². The topological polar surface area (TPSA) is 75.5 Å². The molecule has 1 saturated heterocycles. The average Bonchev–Trinajstić information content (AvgIpc) is 3.91. The van der Waals surface area contributed by atoms with Gasteiger partial charge in [-0.3, -0.25) is 4.68 Å². The molecule has 9 rings (SSSR count). The number of nitrogen functional groups attached to an aromatic ring is 1. The molecule has 2 N–H and O–H groups in total. The van der Waals surface area contributed by atoms with Gasteiger partial charge < -0.3 is 20.3 Å². The number of pyridine rings is 1. The van der Waals surface area contributed by atoms with Crippen molar-refractivity contribution >= 4 is 46.1 Å². The summed E-state index contributed by atoms with van der Waals surface area (Å²) in [6.45, 7) is 12.9. The van der Waals surface area contributed by atoms with E-state index in [2.05, 4.69) is 145 Å². The number of halogens is 3. The molecule has 0 unspecified atom stereocenters. The Morgan fingerprint density at radius 2 is 1.39 bits per heavy atom. The van der Waals surface area contributed by atoms with Gasteiger partial charge in [0.2, 0.25) is 5.71 Å². The number of rotatable bonds is 7. The lowest BCUT2D eigenvalue weighted by atomic mass is 9.82. The minimum absolute atomic E-state index is 0.0781. The Labute approximate surface area is 386 Å². The summed E-state index contributed by atoms with van der Waals surface area (Å²) < 4.78 is 25.3. The molecular weight excluding hydrogens is 841 g/mol. The first-order chi connectivity index (χ1) is 30.6. The number of fused-ring (bicyclic) bond motifs is 2. The van der Waals surface area contributed by atoms with E-state index in [0.29, 0.717) is 16.3 Å². The molecule has 3 aliphatic heterocycles. The number of aromatic nitrogens is 3. The SMILES string of the molecule is C[C@@H](Oc1cc(-c2cnn(C3CC[N+](=C4/C(=C/C=C5/N(C)c6ccccc6C5(C)C)CCC/C4=C\C=C4\N(C)c5ccccc5C4(C)C)CC3)c2)cnc1N)c1c(Cl)ccc(F)c1Cl. The number of anilines is 3. The fourth-order valence-electron chi connectivity index (χ4n) is 10.5. The van der Waals surface area contributed by atoms with Crippen LogP contribution >= 0.6 is 23.2 Å². The molecule has 0 spiro atoms. The number of nitrogens with two attached hydrogens (primary N) is 1. The zero-order valence-electron chi connectivity index (χ0n) is 37.8. The number of allylic oxidation sites excluding steroid dienone is 8. The smallest absolute Gasteiger partial charge is 0.206 e. The van der Waals surface area contributed by atoms with E-state index < -0.39 is 11.9 Å². The molecule has 5 heterocycles. The lowest BCUT2D eigenvalue weighted by Gasteiger charge is -2.27. The quantitative estimate of drug-likeness (QED) is 0.130. The number of benzene rings is 3. The summed E-state index contributed by atoms with van der Waals surface area (Å²) in [6, 6.07) is 22.3. The third-order valence-electron chi connectivity index (χ3n) is 14.0. The van der Waals surface area contributed by atoms with E-state index in [1.807, 2.05) is 12.3 Å². The maximum Gasteiger partial charge on any atom is 0.206 e. The molecule has 11 heteroatoms. The lowest BCUT2D eigenvalue weighted by Crippen LogP contribution is -2.35. The van der Waals surface area contributed by atoms with Gasteiger partial charge in [-0.05, 0) is 79.8 Å². The second kappa shape index (κ2) is 17.1. The van der Waals surface area contributed by atoms with Gasteiger partial charge in [0.1, 0.15) is 25.0 Å². The normalized spacial score (nSPS) is 22.2. The number of piperidine rings is 1.